The Labute approximate surface area is 128 Å². The highest BCUT2D eigenvalue weighted by atomic mass is 16.4. The van der Waals surface area contributed by atoms with E-state index in [0.29, 0.717) is 6.54 Å². The van der Waals surface area contributed by atoms with Crippen molar-refractivity contribution in [1.29, 1.82) is 0 Å². The van der Waals surface area contributed by atoms with E-state index < -0.39 is 11.4 Å². The van der Waals surface area contributed by atoms with Gasteiger partial charge in [-0.15, -0.1) is 0 Å². The lowest BCUT2D eigenvalue weighted by Crippen LogP contribution is -2.39. The Hall–Kier alpha value is -1.35. The van der Waals surface area contributed by atoms with Crippen molar-refractivity contribution in [3.8, 4) is 0 Å². The van der Waals surface area contributed by atoms with Crippen molar-refractivity contribution in [3.63, 3.8) is 0 Å². The first-order valence-corrected chi connectivity index (χ1v) is 7.79. The van der Waals surface area contributed by atoms with E-state index in [-0.39, 0.29) is 5.92 Å². The first kappa shape index (κ1) is 16.0. The van der Waals surface area contributed by atoms with Gasteiger partial charge in [-0.1, -0.05) is 26.0 Å². The molecule has 0 radical (unpaired) electrons. The van der Waals surface area contributed by atoms with E-state index >= 15 is 0 Å². The van der Waals surface area contributed by atoms with Crippen molar-refractivity contribution in [1.82, 2.24) is 4.90 Å². The Balaban J connectivity index is 2.16. The average molecular weight is 289 g/mol. The van der Waals surface area contributed by atoms with Crippen molar-refractivity contribution in [2.24, 2.45) is 11.3 Å². The summed E-state index contributed by atoms with van der Waals surface area (Å²) in [6, 6.07) is 4.48. The molecule has 1 heterocycles. The summed E-state index contributed by atoms with van der Waals surface area (Å²) in [5.74, 6) is -0.474. The van der Waals surface area contributed by atoms with E-state index in [9.17, 15) is 9.90 Å². The van der Waals surface area contributed by atoms with Gasteiger partial charge in [-0.25, -0.2) is 0 Å². The highest BCUT2D eigenvalue weighted by Gasteiger charge is 2.47. The molecule has 1 aromatic rings. The second-order valence-electron chi connectivity index (χ2n) is 6.94. The molecule has 1 fully saturated rings. The zero-order valence-electron chi connectivity index (χ0n) is 13.9. The average Bonchev–Trinajstić information content (AvgIpc) is 2.81. The van der Waals surface area contributed by atoms with Crippen LogP contribution in [0.15, 0.2) is 12.1 Å². The monoisotopic (exact) mass is 289 g/mol. The number of nitrogens with zero attached hydrogens (tertiary/aromatic N) is 1. The molecule has 1 N–H and O–H groups in total. The van der Waals surface area contributed by atoms with Crippen LogP contribution < -0.4 is 0 Å². The predicted octanol–water partition coefficient (Wildman–Crippen LogP) is 3.54. The summed E-state index contributed by atoms with van der Waals surface area (Å²) >= 11 is 0. The lowest BCUT2D eigenvalue weighted by atomic mass is 9.76. The Morgan fingerprint density at radius 1 is 1.24 bits per heavy atom. The minimum atomic E-state index is -0.642. The molecule has 1 aliphatic rings. The highest BCUT2D eigenvalue weighted by molar-refractivity contribution is 5.75. The Morgan fingerprint density at radius 3 is 2.38 bits per heavy atom. The van der Waals surface area contributed by atoms with Crippen LogP contribution in [-0.2, 0) is 11.3 Å². The number of benzene rings is 1. The second-order valence-corrected chi connectivity index (χ2v) is 6.94. The molecule has 21 heavy (non-hydrogen) atoms. The molecular weight excluding hydrogens is 262 g/mol. The maximum atomic E-state index is 11.7. The first-order chi connectivity index (χ1) is 9.76. The molecule has 2 rings (SSSR count). The minimum absolute atomic E-state index is 0.167. The summed E-state index contributed by atoms with van der Waals surface area (Å²) in [5.41, 5.74) is 4.68. The molecule has 0 aromatic heterocycles. The van der Waals surface area contributed by atoms with Crippen molar-refractivity contribution in [3.05, 3.63) is 34.4 Å². The number of likely N-dealkylation sites (tertiary alicyclic amines) is 1. The van der Waals surface area contributed by atoms with Crippen molar-refractivity contribution < 1.29 is 9.90 Å². The molecule has 0 amide bonds. The van der Waals surface area contributed by atoms with Gasteiger partial charge in [0, 0.05) is 13.1 Å². The van der Waals surface area contributed by atoms with E-state index in [0.717, 1.165) is 19.5 Å². The van der Waals surface area contributed by atoms with Crippen LogP contribution in [0.4, 0.5) is 0 Å². The zero-order chi connectivity index (χ0) is 15.8. The van der Waals surface area contributed by atoms with Gasteiger partial charge in [0.05, 0.1) is 5.41 Å². The summed E-state index contributed by atoms with van der Waals surface area (Å²) in [5, 5.41) is 9.63. The summed E-state index contributed by atoms with van der Waals surface area (Å²) in [6.07, 6.45) is 0.754. The highest BCUT2D eigenvalue weighted by Crippen LogP contribution is 2.38. The maximum absolute atomic E-state index is 11.7. The van der Waals surface area contributed by atoms with Gasteiger partial charge in [0.15, 0.2) is 0 Å². The van der Waals surface area contributed by atoms with Crippen LogP contribution in [0.25, 0.3) is 0 Å². The van der Waals surface area contributed by atoms with Gasteiger partial charge < -0.3 is 5.11 Å². The van der Waals surface area contributed by atoms with E-state index in [1.165, 1.54) is 22.3 Å². The number of rotatable bonds is 4. The summed E-state index contributed by atoms with van der Waals surface area (Å²) in [4.78, 5) is 14.0. The lowest BCUT2D eigenvalue weighted by Gasteiger charge is -2.29. The van der Waals surface area contributed by atoms with Crippen LogP contribution in [-0.4, -0.2) is 29.1 Å². The molecule has 0 bridgehead atoms. The van der Waals surface area contributed by atoms with Gasteiger partial charge in [-0.05, 0) is 61.9 Å². The topological polar surface area (TPSA) is 40.5 Å². The van der Waals surface area contributed by atoms with Crippen molar-refractivity contribution >= 4 is 5.97 Å². The van der Waals surface area contributed by atoms with Gasteiger partial charge in [0.1, 0.15) is 0 Å². The maximum Gasteiger partial charge on any atom is 0.311 e. The van der Waals surface area contributed by atoms with Crippen LogP contribution in [0.1, 0.15) is 42.5 Å². The van der Waals surface area contributed by atoms with Gasteiger partial charge in [-0.2, -0.15) is 0 Å². The van der Waals surface area contributed by atoms with Gasteiger partial charge in [-0.3, -0.25) is 9.69 Å². The lowest BCUT2D eigenvalue weighted by molar-refractivity contribution is -0.151. The van der Waals surface area contributed by atoms with E-state index in [1.54, 1.807) is 0 Å². The normalized spacial score (nSPS) is 23.0. The standard InChI is InChI=1S/C18H27NO2/c1-12(2)18(17(20)21)6-7-19(11-18)10-16-9-14(4)13(3)8-15(16)5/h8-9,12H,6-7,10-11H2,1-5H3,(H,20,21). The first-order valence-electron chi connectivity index (χ1n) is 7.79. The molecule has 1 saturated heterocycles. The van der Waals surface area contributed by atoms with E-state index in [2.05, 4.69) is 37.8 Å². The fourth-order valence-electron chi connectivity index (χ4n) is 3.37. The molecule has 0 spiro atoms. The second kappa shape index (κ2) is 5.80. The number of hydrogen-bond acceptors (Lipinski definition) is 2. The molecule has 116 valence electrons. The van der Waals surface area contributed by atoms with E-state index in [1.807, 2.05) is 13.8 Å². The molecule has 1 atom stereocenters. The number of carbonyl (C=O) groups is 1. The van der Waals surface area contributed by atoms with Crippen molar-refractivity contribution in [2.75, 3.05) is 13.1 Å². The van der Waals surface area contributed by atoms with Crippen LogP contribution >= 0.6 is 0 Å². The zero-order valence-corrected chi connectivity index (χ0v) is 13.9. The number of hydrogen-bond donors (Lipinski definition) is 1. The van der Waals surface area contributed by atoms with Crippen LogP contribution in [0.2, 0.25) is 0 Å². The molecule has 0 saturated carbocycles. The molecule has 3 heteroatoms. The van der Waals surface area contributed by atoms with E-state index in [4.69, 9.17) is 0 Å². The van der Waals surface area contributed by atoms with Gasteiger partial charge >= 0.3 is 5.97 Å². The van der Waals surface area contributed by atoms with Crippen molar-refractivity contribution in [2.45, 2.75) is 47.6 Å². The Morgan fingerprint density at radius 2 is 1.86 bits per heavy atom. The summed E-state index contributed by atoms with van der Waals surface area (Å²) in [6.45, 7) is 12.9. The quantitative estimate of drug-likeness (QED) is 0.921. The fraction of sp³-hybridized carbons (Fsp3) is 0.611. The SMILES string of the molecule is Cc1cc(C)c(CN2CCC(C(=O)O)(C(C)C)C2)cc1C. The van der Waals surface area contributed by atoms with Crippen LogP contribution in [0.5, 0.6) is 0 Å². The third kappa shape index (κ3) is 2.98. The Kier molecular flexibility index (Phi) is 4.43. The van der Waals surface area contributed by atoms with Crippen LogP contribution in [0, 0.1) is 32.1 Å². The summed E-state index contributed by atoms with van der Waals surface area (Å²) in [7, 11) is 0. The van der Waals surface area contributed by atoms with Crippen LogP contribution in [0.3, 0.4) is 0 Å². The third-order valence-electron chi connectivity index (χ3n) is 5.26. The molecule has 0 aliphatic carbocycles. The fourth-order valence-corrected chi connectivity index (χ4v) is 3.37. The minimum Gasteiger partial charge on any atom is -0.481 e. The predicted molar refractivity (Wildman–Crippen MR) is 85.5 cm³/mol. The largest absolute Gasteiger partial charge is 0.481 e. The molecular formula is C18H27NO2. The smallest absolute Gasteiger partial charge is 0.311 e. The molecule has 1 aliphatic heterocycles. The molecule has 1 aromatic carbocycles. The molecule has 3 nitrogen and oxygen atoms in total. The Bertz CT molecular complexity index is 550. The number of carboxylic acid groups (broad SMARTS) is 1. The third-order valence-corrected chi connectivity index (χ3v) is 5.26. The number of aryl methyl sites for hydroxylation is 3. The van der Waals surface area contributed by atoms with Gasteiger partial charge in [0.2, 0.25) is 0 Å². The van der Waals surface area contributed by atoms with Gasteiger partial charge in [0.25, 0.3) is 0 Å². The number of carboxylic acids is 1. The molecule has 1 unspecified atom stereocenters. The summed E-state index contributed by atoms with van der Waals surface area (Å²) < 4.78 is 0. The number of aliphatic carboxylic acids is 1.